The van der Waals surface area contributed by atoms with Gasteiger partial charge in [0.25, 0.3) is 5.91 Å². The van der Waals surface area contributed by atoms with Crippen molar-refractivity contribution in [1.82, 2.24) is 0 Å². The van der Waals surface area contributed by atoms with Gasteiger partial charge in [-0.3, -0.25) is 14.7 Å². The number of aryl methyl sites for hydroxylation is 2. The largest absolute Gasteiger partial charge is 0.268 e. The molecule has 3 nitrogen and oxygen atoms in total. The van der Waals surface area contributed by atoms with Crippen LogP contribution in [0, 0.1) is 0 Å². The first-order chi connectivity index (χ1) is 12.1. The van der Waals surface area contributed by atoms with Crippen LogP contribution in [0.5, 0.6) is 0 Å². The minimum absolute atomic E-state index is 0.0302. The molecule has 0 aromatic heterocycles. The summed E-state index contributed by atoms with van der Waals surface area (Å²) in [5, 5.41) is 1.42. The van der Waals surface area contributed by atoms with Crippen LogP contribution in [-0.2, 0) is 12.8 Å². The van der Waals surface area contributed by atoms with Crippen molar-refractivity contribution in [2.45, 2.75) is 32.2 Å². The van der Waals surface area contributed by atoms with Crippen LogP contribution in [0.25, 0.3) is 0 Å². The molecule has 0 saturated heterocycles. The van der Waals surface area contributed by atoms with Crippen molar-refractivity contribution in [3.8, 4) is 0 Å². The second-order valence-corrected chi connectivity index (χ2v) is 7.95. The number of anilines is 1. The Morgan fingerprint density at radius 2 is 1.92 bits per heavy atom. The number of rotatable bonds is 2. The predicted molar refractivity (Wildman–Crippen MR) is 106 cm³/mol. The number of hydrogen-bond acceptors (Lipinski definition) is 3. The van der Waals surface area contributed by atoms with Gasteiger partial charge in [0.15, 0.2) is 5.17 Å². The number of thioether (sulfide) groups is 1. The van der Waals surface area contributed by atoms with Crippen molar-refractivity contribution < 1.29 is 4.79 Å². The fourth-order valence-corrected chi connectivity index (χ4v) is 4.48. The summed E-state index contributed by atoms with van der Waals surface area (Å²) in [6, 6.07) is 13.7. The molecule has 25 heavy (non-hydrogen) atoms. The number of hydrogen-bond donors (Lipinski definition) is 0. The first kappa shape index (κ1) is 16.7. The number of amides is 1. The Labute approximate surface area is 157 Å². The van der Waals surface area contributed by atoms with Crippen molar-refractivity contribution >= 4 is 40.1 Å². The average Bonchev–Trinajstić information content (AvgIpc) is 3.25. The summed E-state index contributed by atoms with van der Waals surface area (Å²) < 4.78 is 0. The lowest BCUT2D eigenvalue weighted by molar-refractivity contribution is 0.100. The Hall–Kier alpha value is -1.78. The third-order valence-corrected chi connectivity index (χ3v) is 6.06. The normalized spacial score (nSPS) is 18.8. The fourth-order valence-electron chi connectivity index (χ4n) is 3.32. The van der Waals surface area contributed by atoms with E-state index in [1.54, 1.807) is 16.7 Å². The molecule has 4 rings (SSSR count). The monoisotopic (exact) mass is 370 g/mol. The molecule has 1 unspecified atom stereocenters. The highest BCUT2D eigenvalue weighted by molar-refractivity contribution is 8.14. The smallest absolute Gasteiger partial charge is 0.264 e. The summed E-state index contributed by atoms with van der Waals surface area (Å²) in [7, 11) is 0. The molecule has 1 aliphatic heterocycles. The molecule has 0 N–H and O–H groups in total. The lowest BCUT2D eigenvalue weighted by Crippen LogP contribution is -2.34. The summed E-state index contributed by atoms with van der Waals surface area (Å²) in [6.45, 7) is 2.07. The molecular weight excluding hydrogens is 352 g/mol. The fraction of sp³-hybridized carbons (Fsp3) is 0.300. The average molecular weight is 371 g/mol. The van der Waals surface area contributed by atoms with E-state index in [1.165, 1.54) is 17.5 Å². The molecule has 2 aromatic carbocycles. The van der Waals surface area contributed by atoms with E-state index in [9.17, 15) is 4.79 Å². The van der Waals surface area contributed by atoms with Crippen LogP contribution in [0.2, 0.25) is 5.02 Å². The molecule has 0 fully saturated rings. The zero-order chi connectivity index (χ0) is 17.4. The van der Waals surface area contributed by atoms with E-state index in [4.69, 9.17) is 11.6 Å². The molecule has 5 heteroatoms. The van der Waals surface area contributed by atoms with Gasteiger partial charge in [0.2, 0.25) is 0 Å². The molecule has 0 saturated carbocycles. The summed E-state index contributed by atoms with van der Waals surface area (Å²) in [5.41, 5.74) is 4.20. The highest BCUT2D eigenvalue weighted by Gasteiger charge is 2.28. The number of carbonyl (C=O) groups excluding carboxylic acids is 1. The van der Waals surface area contributed by atoms with Crippen molar-refractivity contribution in [3.63, 3.8) is 0 Å². The Morgan fingerprint density at radius 3 is 2.64 bits per heavy atom. The van der Waals surface area contributed by atoms with Crippen LogP contribution >= 0.6 is 23.4 Å². The maximum Gasteiger partial charge on any atom is 0.264 e. The third kappa shape index (κ3) is 3.33. The van der Waals surface area contributed by atoms with Gasteiger partial charge in [0.1, 0.15) is 0 Å². The summed E-state index contributed by atoms with van der Waals surface area (Å²) in [4.78, 5) is 19.7. The SMILES string of the molecule is CC1CSC(N(C(=O)c2ccc3c(c2)CCC3)c2ccc(Cl)cc2)=N1. The van der Waals surface area contributed by atoms with Gasteiger partial charge in [0, 0.05) is 16.3 Å². The lowest BCUT2D eigenvalue weighted by atomic mass is 10.1. The van der Waals surface area contributed by atoms with Gasteiger partial charge in [0.05, 0.1) is 11.7 Å². The molecule has 2 aromatic rings. The van der Waals surface area contributed by atoms with Crippen molar-refractivity contribution in [2.75, 3.05) is 10.7 Å². The molecule has 0 spiro atoms. The molecule has 1 amide bonds. The summed E-state index contributed by atoms with van der Waals surface area (Å²) in [6.07, 6.45) is 3.35. The lowest BCUT2D eigenvalue weighted by Gasteiger charge is -2.22. The molecular formula is C20H19ClN2OS. The van der Waals surface area contributed by atoms with Crippen LogP contribution in [0.3, 0.4) is 0 Å². The molecule has 128 valence electrons. The first-order valence-corrected chi connectivity index (χ1v) is 9.90. The Kier molecular flexibility index (Phi) is 4.57. The van der Waals surface area contributed by atoms with Crippen LogP contribution < -0.4 is 4.90 Å². The van der Waals surface area contributed by atoms with Crippen molar-refractivity contribution in [3.05, 3.63) is 64.2 Å². The first-order valence-electron chi connectivity index (χ1n) is 8.54. The van der Waals surface area contributed by atoms with E-state index in [0.717, 1.165) is 35.0 Å². The number of benzene rings is 2. The summed E-state index contributed by atoms with van der Waals surface area (Å²) >= 11 is 7.65. The summed E-state index contributed by atoms with van der Waals surface area (Å²) in [5.74, 6) is 0.869. The van der Waals surface area contributed by atoms with E-state index in [2.05, 4.69) is 24.0 Å². The van der Waals surface area contributed by atoms with E-state index in [-0.39, 0.29) is 11.9 Å². The minimum Gasteiger partial charge on any atom is -0.268 e. The Morgan fingerprint density at radius 1 is 1.16 bits per heavy atom. The number of fused-ring (bicyclic) bond motifs is 1. The second-order valence-electron chi connectivity index (χ2n) is 6.53. The van der Waals surface area contributed by atoms with Crippen LogP contribution in [-0.4, -0.2) is 22.9 Å². The van der Waals surface area contributed by atoms with E-state index >= 15 is 0 Å². The zero-order valence-electron chi connectivity index (χ0n) is 14.0. The second kappa shape index (κ2) is 6.85. The highest BCUT2D eigenvalue weighted by Crippen LogP contribution is 2.30. The van der Waals surface area contributed by atoms with Gasteiger partial charge in [-0.1, -0.05) is 29.4 Å². The van der Waals surface area contributed by atoms with Gasteiger partial charge in [-0.2, -0.15) is 0 Å². The van der Waals surface area contributed by atoms with Crippen LogP contribution in [0.1, 0.15) is 34.8 Å². The molecule has 1 aliphatic carbocycles. The van der Waals surface area contributed by atoms with Gasteiger partial charge in [-0.25, -0.2) is 0 Å². The number of amidine groups is 1. The molecule has 2 aliphatic rings. The highest BCUT2D eigenvalue weighted by atomic mass is 35.5. The van der Waals surface area contributed by atoms with E-state index in [1.807, 2.05) is 30.3 Å². The molecule has 0 radical (unpaired) electrons. The van der Waals surface area contributed by atoms with Crippen molar-refractivity contribution in [2.24, 2.45) is 4.99 Å². The Bertz CT molecular complexity index is 847. The topological polar surface area (TPSA) is 32.7 Å². The number of nitrogens with zero attached hydrogens (tertiary/aromatic N) is 2. The Balaban J connectivity index is 1.73. The molecule has 0 bridgehead atoms. The van der Waals surface area contributed by atoms with Gasteiger partial charge >= 0.3 is 0 Å². The zero-order valence-corrected chi connectivity index (χ0v) is 15.6. The van der Waals surface area contributed by atoms with Crippen LogP contribution in [0.15, 0.2) is 47.5 Å². The third-order valence-electron chi connectivity index (χ3n) is 4.61. The van der Waals surface area contributed by atoms with Crippen molar-refractivity contribution in [1.29, 1.82) is 0 Å². The van der Waals surface area contributed by atoms with E-state index < -0.39 is 0 Å². The molecule has 1 heterocycles. The van der Waals surface area contributed by atoms with E-state index in [0.29, 0.717) is 5.02 Å². The minimum atomic E-state index is -0.0302. The number of carbonyl (C=O) groups is 1. The number of halogens is 1. The number of aliphatic imine (C=N–C) groups is 1. The molecule has 1 atom stereocenters. The van der Waals surface area contributed by atoms with Gasteiger partial charge < -0.3 is 0 Å². The van der Waals surface area contributed by atoms with Gasteiger partial charge in [-0.05, 0) is 73.7 Å². The maximum atomic E-state index is 13.3. The standard InChI is InChI=1S/C20H19ClN2OS/c1-13-12-25-20(22-13)23(18-9-7-17(21)8-10-18)19(24)16-6-5-14-3-2-4-15(14)11-16/h5-11,13H,2-4,12H2,1H3. The van der Waals surface area contributed by atoms with Gasteiger partial charge in [-0.15, -0.1) is 0 Å². The predicted octanol–water partition coefficient (Wildman–Crippen LogP) is 4.97. The van der Waals surface area contributed by atoms with Crippen LogP contribution in [0.4, 0.5) is 5.69 Å². The maximum absolute atomic E-state index is 13.3. The quantitative estimate of drug-likeness (QED) is 0.747.